The van der Waals surface area contributed by atoms with E-state index in [2.05, 4.69) is 34.0 Å². The van der Waals surface area contributed by atoms with Gasteiger partial charge in [0.1, 0.15) is 0 Å². The van der Waals surface area contributed by atoms with E-state index in [1.807, 2.05) is 6.92 Å². The summed E-state index contributed by atoms with van der Waals surface area (Å²) in [4.78, 5) is 30.0. The van der Waals surface area contributed by atoms with E-state index in [0.717, 1.165) is 26.2 Å². The predicted octanol–water partition coefficient (Wildman–Crippen LogP) is 0.178. The zero-order valence-corrected chi connectivity index (χ0v) is 15.5. The van der Waals surface area contributed by atoms with Gasteiger partial charge in [0.25, 0.3) is 0 Å². The van der Waals surface area contributed by atoms with Gasteiger partial charge in [0.2, 0.25) is 0 Å². The number of carbonyl (C=O) groups excluding carboxylic acids is 2. The van der Waals surface area contributed by atoms with Crippen LogP contribution >= 0.6 is 0 Å². The number of nitrogens with zero attached hydrogens (tertiary/aromatic N) is 4. The summed E-state index contributed by atoms with van der Waals surface area (Å²) in [6, 6.07) is -0.197. The minimum Gasteiger partial charge on any atom is -0.467 e. The van der Waals surface area contributed by atoms with Crippen LogP contribution in [0.1, 0.15) is 13.8 Å². The van der Waals surface area contributed by atoms with Gasteiger partial charge in [-0.2, -0.15) is 10.2 Å². The van der Waals surface area contributed by atoms with E-state index in [-0.39, 0.29) is 29.8 Å². The van der Waals surface area contributed by atoms with Gasteiger partial charge in [-0.15, -0.1) is 0 Å². The molecule has 138 valence electrons. The molecule has 4 bridgehead atoms. The third kappa shape index (κ3) is 1.61. The van der Waals surface area contributed by atoms with Crippen molar-refractivity contribution in [3.05, 3.63) is 0 Å². The Morgan fingerprint density at radius 3 is 2.20 bits per heavy atom. The van der Waals surface area contributed by atoms with Gasteiger partial charge in [0, 0.05) is 43.4 Å². The van der Waals surface area contributed by atoms with Gasteiger partial charge in [0.15, 0.2) is 11.1 Å². The highest BCUT2D eigenvalue weighted by molar-refractivity contribution is 5.94. The number of likely N-dealkylation sites (N-methyl/N-ethyl adjacent to an activating group) is 1. The van der Waals surface area contributed by atoms with Gasteiger partial charge in [-0.05, 0) is 7.05 Å². The minimum absolute atomic E-state index is 0.0475. The normalized spacial score (nSPS) is 48.3. The van der Waals surface area contributed by atoms with Crippen LogP contribution < -0.4 is 0 Å². The van der Waals surface area contributed by atoms with Crippen molar-refractivity contribution in [3.8, 4) is 0 Å². The van der Waals surface area contributed by atoms with Crippen molar-refractivity contribution in [2.75, 3.05) is 47.4 Å². The molecule has 3 heterocycles. The number of esters is 2. The van der Waals surface area contributed by atoms with Crippen LogP contribution in [0.3, 0.4) is 0 Å². The third-order valence-electron chi connectivity index (χ3n) is 7.30. The van der Waals surface area contributed by atoms with Gasteiger partial charge in [-0.25, -0.2) is 9.59 Å². The largest absolute Gasteiger partial charge is 0.467 e. The first-order valence-electron chi connectivity index (χ1n) is 8.85. The average molecular weight is 350 g/mol. The monoisotopic (exact) mass is 350 g/mol. The lowest BCUT2D eigenvalue weighted by Crippen LogP contribution is -2.67. The smallest absolute Gasteiger partial charge is 0.337 e. The van der Waals surface area contributed by atoms with Crippen LogP contribution in [-0.4, -0.2) is 86.3 Å². The molecule has 0 aromatic rings. The number of azo groups is 1. The Kier molecular flexibility index (Phi) is 3.38. The fourth-order valence-electron chi connectivity index (χ4n) is 6.14. The molecule has 8 heteroatoms. The van der Waals surface area contributed by atoms with Crippen molar-refractivity contribution >= 4 is 11.9 Å². The first kappa shape index (κ1) is 16.9. The second-order valence-electron chi connectivity index (χ2n) is 8.07. The molecular weight excluding hydrogens is 324 g/mol. The highest BCUT2D eigenvalue weighted by Crippen LogP contribution is 2.81. The third-order valence-corrected chi connectivity index (χ3v) is 7.30. The van der Waals surface area contributed by atoms with E-state index in [1.54, 1.807) is 0 Å². The first-order chi connectivity index (χ1) is 11.8. The number of rotatable bonds is 3. The lowest BCUT2D eigenvalue weighted by molar-refractivity contribution is -0.160. The Hall–Kier alpha value is -1.54. The molecule has 25 heavy (non-hydrogen) atoms. The predicted molar refractivity (Wildman–Crippen MR) is 88.0 cm³/mol. The molecule has 3 aliphatic heterocycles. The Balaban J connectivity index is 1.83. The van der Waals surface area contributed by atoms with E-state index >= 15 is 0 Å². The number of methoxy groups -OCH3 is 2. The minimum atomic E-state index is -1.03. The first-order valence-corrected chi connectivity index (χ1v) is 8.85. The maximum absolute atomic E-state index is 12.8. The maximum Gasteiger partial charge on any atom is 0.337 e. The molecule has 2 saturated carbocycles. The molecule has 1 saturated heterocycles. The van der Waals surface area contributed by atoms with Gasteiger partial charge >= 0.3 is 11.9 Å². The van der Waals surface area contributed by atoms with Crippen LogP contribution in [-0.2, 0) is 19.1 Å². The lowest BCUT2D eigenvalue weighted by Gasteiger charge is -2.49. The van der Waals surface area contributed by atoms with Crippen LogP contribution in [0, 0.1) is 17.3 Å². The summed E-state index contributed by atoms with van der Waals surface area (Å²) in [5, 5.41) is 8.83. The standard InChI is InChI=1S/C17H26N4O4/c1-10-11-15(2)12(21-8-6-20(3)7-9-21)16(10,13(22)24-4)18-19-17(11,15)14(23)25-5/h10-12H,6-9H2,1-5H3/t10-,11+,12+,15+,16-,17-/m0/s1. The van der Waals surface area contributed by atoms with E-state index in [0.29, 0.717) is 0 Å². The maximum atomic E-state index is 12.8. The van der Waals surface area contributed by atoms with E-state index in [1.165, 1.54) is 14.2 Å². The Morgan fingerprint density at radius 1 is 1.04 bits per heavy atom. The SMILES string of the molecule is COC(=O)[C@]12N=N[C@]3(C(=O)OC)[C@H]([C@@H]1C)[C@]3(C)[C@H]2N1CCN(C)CC1. The molecule has 5 aliphatic rings. The molecule has 0 N–H and O–H groups in total. The fraction of sp³-hybridized carbons (Fsp3) is 0.882. The summed E-state index contributed by atoms with van der Waals surface area (Å²) < 4.78 is 10.2. The summed E-state index contributed by atoms with van der Waals surface area (Å²) in [6.07, 6.45) is 0. The van der Waals surface area contributed by atoms with E-state index in [4.69, 9.17) is 9.47 Å². The van der Waals surface area contributed by atoms with Crippen LogP contribution in [0.5, 0.6) is 0 Å². The molecule has 0 unspecified atom stereocenters. The van der Waals surface area contributed by atoms with Crippen LogP contribution in [0.4, 0.5) is 0 Å². The zero-order chi connectivity index (χ0) is 18.2. The molecule has 0 aromatic carbocycles. The second-order valence-corrected chi connectivity index (χ2v) is 8.07. The number of ether oxygens (including phenoxy) is 2. The van der Waals surface area contributed by atoms with Crippen molar-refractivity contribution in [1.29, 1.82) is 0 Å². The van der Waals surface area contributed by atoms with E-state index < -0.39 is 16.5 Å². The Labute approximate surface area is 147 Å². The zero-order valence-electron chi connectivity index (χ0n) is 15.5. The van der Waals surface area contributed by atoms with Gasteiger partial charge in [0.05, 0.1) is 20.3 Å². The Bertz CT molecular complexity index is 661. The van der Waals surface area contributed by atoms with Crippen molar-refractivity contribution in [2.24, 2.45) is 27.5 Å². The lowest BCUT2D eigenvalue weighted by atomic mass is 9.73. The topological polar surface area (TPSA) is 83.8 Å². The number of hydrogen-bond acceptors (Lipinski definition) is 8. The summed E-state index contributed by atoms with van der Waals surface area (Å²) in [6.45, 7) is 7.58. The van der Waals surface area contributed by atoms with Crippen molar-refractivity contribution in [1.82, 2.24) is 9.80 Å². The van der Waals surface area contributed by atoms with Gasteiger partial charge in [-0.3, -0.25) is 4.90 Å². The highest BCUT2D eigenvalue weighted by atomic mass is 16.5. The average Bonchev–Trinajstić information content (AvgIpc) is 3.14. The van der Waals surface area contributed by atoms with Gasteiger partial charge in [-0.1, -0.05) is 13.8 Å². The fourth-order valence-corrected chi connectivity index (χ4v) is 6.14. The molecule has 2 aliphatic carbocycles. The number of carbonyl (C=O) groups is 2. The van der Waals surface area contributed by atoms with Crippen molar-refractivity contribution < 1.29 is 19.1 Å². The Morgan fingerprint density at radius 2 is 1.64 bits per heavy atom. The summed E-state index contributed by atoms with van der Waals surface area (Å²) in [5.41, 5.74) is -2.43. The molecule has 3 fully saturated rings. The quantitative estimate of drug-likeness (QED) is 0.675. The van der Waals surface area contributed by atoms with Crippen molar-refractivity contribution in [2.45, 2.75) is 31.0 Å². The summed E-state index contributed by atoms with van der Waals surface area (Å²) in [5.74, 6) is -0.854. The van der Waals surface area contributed by atoms with Crippen LogP contribution in [0.25, 0.3) is 0 Å². The van der Waals surface area contributed by atoms with Crippen LogP contribution in [0.2, 0.25) is 0 Å². The molecule has 0 aromatic heterocycles. The molecule has 0 amide bonds. The molecule has 6 atom stereocenters. The van der Waals surface area contributed by atoms with Crippen molar-refractivity contribution in [3.63, 3.8) is 0 Å². The van der Waals surface area contributed by atoms with Crippen LogP contribution in [0.15, 0.2) is 10.2 Å². The number of piperazine rings is 1. The molecule has 8 nitrogen and oxygen atoms in total. The highest BCUT2D eigenvalue weighted by Gasteiger charge is 2.95. The van der Waals surface area contributed by atoms with E-state index in [9.17, 15) is 9.59 Å². The number of hydrogen-bond donors (Lipinski definition) is 0. The summed E-state index contributed by atoms with van der Waals surface area (Å²) in [7, 11) is 4.88. The molecule has 0 spiro atoms. The molecular formula is C17H26N4O4. The molecule has 5 rings (SSSR count). The molecule has 0 radical (unpaired) electrons. The second kappa shape index (κ2) is 5.01. The summed E-state index contributed by atoms with van der Waals surface area (Å²) >= 11 is 0. The van der Waals surface area contributed by atoms with Gasteiger partial charge < -0.3 is 14.4 Å².